The Morgan fingerprint density at radius 2 is 1.90 bits per heavy atom. The molecule has 0 bridgehead atoms. The highest BCUT2D eigenvalue weighted by Crippen LogP contribution is 2.43. The summed E-state index contributed by atoms with van der Waals surface area (Å²) in [7, 11) is -1.98. The molecule has 1 aliphatic rings. The van der Waals surface area contributed by atoms with Gasteiger partial charge in [0.05, 0.1) is 6.10 Å². The number of carbonyl (C=O) groups excluding carboxylic acids is 2. The highest BCUT2D eigenvalue weighted by Gasteiger charge is 2.59. The molecule has 1 amide bonds. The van der Waals surface area contributed by atoms with E-state index in [9.17, 15) is 9.59 Å². The molecule has 0 radical (unpaired) electrons. The van der Waals surface area contributed by atoms with Gasteiger partial charge in [0, 0.05) is 6.92 Å². The summed E-state index contributed by atoms with van der Waals surface area (Å²) in [5, 5.41) is 2.69. The molecule has 0 spiro atoms. The Labute approximate surface area is 122 Å². The Kier molecular flexibility index (Phi) is 4.42. The number of hydrogen-bond donors (Lipinski definition) is 1. The van der Waals surface area contributed by atoms with Crippen LogP contribution in [0.5, 0.6) is 0 Å². The molecule has 0 saturated carbocycles. The Balaban J connectivity index is 2.87. The van der Waals surface area contributed by atoms with Crippen LogP contribution in [0.25, 0.3) is 0 Å². The summed E-state index contributed by atoms with van der Waals surface area (Å²) in [5.74, 6) is -0.532. The van der Waals surface area contributed by atoms with Crippen LogP contribution in [-0.4, -0.2) is 32.5 Å². The summed E-state index contributed by atoms with van der Waals surface area (Å²) in [4.78, 5) is 23.1. The third-order valence-electron chi connectivity index (χ3n) is 4.70. The molecular formula is C14H27NO4Si. The predicted octanol–water partition coefficient (Wildman–Crippen LogP) is 2.42. The van der Waals surface area contributed by atoms with Crippen molar-refractivity contribution in [1.29, 1.82) is 0 Å². The van der Waals surface area contributed by atoms with Crippen molar-refractivity contribution in [2.75, 3.05) is 0 Å². The third kappa shape index (κ3) is 2.91. The second-order valence-corrected chi connectivity index (χ2v) is 12.0. The van der Waals surface area contributed by atoms with Crippen molar-refractivity contribution in [1.82, 2.24) is 5.32 Å². The van der Waals surface area contributed by atoms with E-state index >= 15 is 0 Å². The molecular weight excluding hydrogens is 274 g/mol. The number of amides is 1. The van der Waals surface area contributed by atoms with Gasteiger partial charge in [0.1, 0.15) is 5.41 Å². The van der Waals surface area contributed by atoms with Gasteiger partial charge in [0.25, 0.3) is 0 Å². The average molecular weight is 301 g/mol. The zero-order valence-electron chi connectivity index (χ0n) is 13.8. The summed E-state index contributed by atoms with van der Waals surface area (Å²) < 4.78 is 11.4. The van der Waals surface area contributed by atoms with Gasteiger partial charge in [-0.15, -0.1) is 0 Å². The number of β-lactam (4-membered cyclic amide) rings is 1. The predicted molar refractivity (Wildman–Crippen MR) is 79.5 cm³/mol. The van der Waals surface area contributed by atoms with E-state index in [1.807, 2.05) is 6.92 Å². The second-order valence-electron chi connectivity index (χ2n) is 7.27. The van der Waals surface area contributed by atoms with Crippen LogP contribution in [0.1, 0.15) is 41.5 Å². The molecule has 0 aliphatic carbocycles. The Morgan fingerprint density at radius 1 is 1.40 bits per heavy atom. The first kappa shape index (κ1) is 17.2. The maximum absolute atomic E-state index is 12.0. The molecule has 0 aromatic heterocycles. The molecule has 1 rings (SSSR count). The molecule has 1 N–H and O–H groups in total. The lowest BCUT2D eigenvalue weighted by molar-refractivity contribution is -0.191. The first-order chi connectivity index (χ1) is 8.82. The monoisotopic (exact) mass is 301 g/mol. The minimum absolute atomic E-state index is 0.0643. The smallest absolute Gasteiger partial charge is 0.304 e. The number of nitrogens with one attached hydrogen (secondary N) is 1. The lowest BCUT2D eigenvalue weighted by Gasteiger charge is -2.51. The van der Waals surface area contributed by atoms with E-state index in [-0.39, 0.29) is 17.0 Å². The first-order valence-electron chi connectivity index (χ1n) is 6.98. The molecule has 1 saturated heterocycles. The van der Waals surface area contributed by atoms with E-state index in [1.165, 1.54) is 6.92 Å². The van der Waals surface area contributed by atoms with Crippen molar-refractivity contribution < 1.29 is 18.8 Å². The quantitative estimate of drug-likeness (QED) is 0.492. The molecule has 1 heterocycles. The van der Waals surface area contributed by atoms with Crippen LogP contribution in [0, 0.1) is 5.41 Å². The fraction of sp³-hybridized carbons (Fsp3) is 0.857. The maximum atomic E-state index is 12.0. The molecule has 0 aromatic carbocycles. The molecule has 5 nitrogen and oxygen atoms in total. The zero-order chi connectivity index (χ0) is 15.9. The van der Waals surface area contributed by atoms with Crippen molar-refractivity contribution in [2.45, 2.75) is 72.0 Å². The minimum Gasteiger partial charge on any atom is -0.441 e. The maximum Gasteiger partial charge on any atom is 0.304 e. The van der Waals surface area contributed by atoms with Crippen molar-refractivity contribution >= 4 is 20.2 Å². The SMILES string of the molecule is CC(=O)O[C@H]1NC(=O)[C@]1(C)[C@@H](C)O[Si](C)(C)C(C)(C)C. The summed E-state index contributed by atoms with van der Waals surface area (Å²) in [6, 6.07) is 0. The van der Waals surface area contributed by atoms with Crippen LogP contribution in [0.2, 0.25) is 18.1 Å². The second kappa shape index (κ2) is 5.15. The van der Waals surface area contributed by atoms with Crippen LogP contribution < -0.4 is 5.32 Å². The fourth-order valence-corrected chi connectivity index (χ4v) is 3.40. The van der Waals surface area contributed by atoms with Gasteiger partial charge < -0.3 is 14.5 Å². The van der Waals surface area contributed by atoms with Gasteiger partial charge in [-0.1, -0.05) is 20.8 Å². The fourth-order valence-electron chi connectivity index (χ4n) is 1.92. The van der Waals surface area contributed by atoms with Gasteiger partial charge in [-0.2, -0.15) is 0 Å². The van der Waals surface area contributed by atoms with E-state index in [1.54, 1.807) is 6.92 Å². The largest absolute Gasteiger partial charge is 0.441 e. The highest BCUT2D eigenvalue weighted by molar-refractivity contribution is 6.74. The first-order valence-corrected chi connectivity index (χ1v) is 9.89. The van der Waals surface area contributed by atoms with E-state index < -0.39 is 25.9 Å². The molecule has 116 valence electrons. The van der Waals surface area contributed by atoms with Crippen LogP contribution in [0.15, 0.2) is 0 Å². The summed E-state index contributed by atoms with van der Waals surface area (Å²) in [5.41, 5.74) is -0.818. The standard InChI is InChI=1S/C14H27NO4Si/c1-9(19-20(7,8)13(3,4)5)14(6)11(17)15-12(14)18-10(2)16/h9,12H,1-8H3,(H,15,17)/t9-,12-,14+/m1/s1. The lowest BCUT2D eigenvalue weighted by Crippen LogP contribution is -2.72. The van der Waals surface area contributed by atoms with Gasteiger partial charge in [-0.25, -0.2) is 0 Å². The molecule has 0 aromatic rings. The van der Waals surface area contributed by atoms with Crippen molar-refractivity contribution in [3.63, 3.8) is 0 Å². The normalized spacial score (nSPS) is 28.4. The summed E-state index contributed by atoms with van der Waals surface area (Å²) in [6.07, 6.45) is -0.909. The number of rotatable bonds is 4. The third-order valence-corrected chi connectivity index (χ3v) is 9.26. The molecule has 1 fully saturated rings. The van der Waals surface area contributed by atoms with E-state index in [2.05, 4.69) is 39.2 Å². The lowest BCUT2D eigenvalue weighted by atomic mass is 9.76. The van der Waals surface area contributed by atoms with Gasteiger partial charge >= 0.3 is 5.97 Å². The van der Waals surface area contributed by atoms with Crippen molar-refractivity contribution in [3.8, 4) is 0 Å². The average Bonchev–Trinajstić information content (AvgIpc) is 2.24. The Bertz CT molecular complexity index is 416. The Hall–Kier alpha value is -0.883. The van der Waals surface area contributed by atoms with Gasteiger partial charge in [-0.3, -0.25) is 9.59 Å². The van der Waals surface area contributed by atoms with Crippen molar-refractivity contribution in [2.24, 2.45) is 5.41 Å². The minimum atomic E-state index is -1.98. The van der Waals surface area contributed by atoms with Crippen LogP contribution in [0.4, 0.5) is 0 Å². The van der Waals surface area contributed by atoms with Crippen LogP contribution in [0.3, 0.4) is 0 Å². The van der Waals surface area contributed by atoms with Crippen LogP contribution >= 0.6 is 0 Å². The molecule has 20 heavy (non-hydrogen) atoms. The Morgan fingerprint density at radius 3 is 2.25 bits per heavy atom. The number of hydrogen-bond acceptors (Lipinski definition) is 4. The van der Waals surface area contributed by atoms with Gasteiger partial charge in [-0.05, 0) is 32.0 Å². The number of carbonyl (C=O) groups is 2. The molecule has 0 unspecified atom stereocenters. The molecule has 6 heteroatoms. The topological polar surface area (TPSA) is 64.6 Å². The van der Waals surface area contributed by atoms with E-state index in [4.69, 9.17) is 9.16 Å². The van der Waals surface area contributed by atoms with E-state index in [0.29, 0.717) is 0 Å². The highest BCUT2D eigenvalue weighted by atomic mass is 28.4. The molecule has 1 aliphatic heterocycles. The number of ether oxygens (including phenoxy) is 1. The van der Waals surface area contributed by atoms with Crippen LogP contribution in [-0.2, 0) is 18.8 Å². The summed E-state index contributed by atoms with van der Waals surface area (Å²) >= 11 is 0. The van der Waals surface area contributed by atoms with Gasteiger partial charge in [0.2, 0.25) is 5.91 Å². The molecule has 3 atom stereocenters. The zero-order valence-corrected chi connectivity index (χ0v) is 14.8. The van der Waals surface area contributed by atoms with Gasteiger partial charge in [0.15, 0.2) is 14.5 Å². The number of esters is 1. The summed E-state index contributed by atoms with van der Waals surface area (Å²) in [6.45, 7) is 15.8. The van der Waals surface area contributed by atoms with Crippen molar-refractivity contribution in [3.05, 3.63) is 0 Å². The van der Waals surface area contributed by atoms with E-state index in [0.717, 1.165) is 0 Å².